The molecule has 0 bridgehead atoms. The number of benzene rings is 1. The summed E-state index contributed by atoms with van der Waals surface area (Å²) in [4.78, 5) is 17.6. The summed E-state index contributed by atoms with van der Waals surface area (Å²) in [7, 11) is 0. The molecule has 0 aromatic heterocycles. The van der Waals surface area contributed by atoms with Crippen LogP contribution in [0, 0.1) is 40.9 Å². The lowest BCUT2D eigenvalue weighted by Crippen LogP contribution is -2.54. The van der Waals surface area contributed by atoms with E-state index in [0.29, 0.717) is 30.7 Å². The van der Waals surface area contributed by atoms with Gasteiger partial charge in [0.05, 0.1) is 5.71 Å². The summed E-state index contributed by atoms with van der Waals surface area (Å²) in [5, 5.41) is 27.7. The van der Waals surface area contributed by atoms with E-state index < -0.39 is 5.60 Å². The van der Waals surface area contributed by atoms with Crippen molar-refractivity contribution in [2.24, 2.45) is 33.7 Å². The molecule has 0 saturated heterocycles. The molecule has 0 spiro atoms. The van der Waals surface area contributed by atoms with Crippen molar-refractivity contribution in [3.63, 3.8) is 0 Å². The number of allylic oxidation sites excluding steroid dienone is 2. The van der Waals surface area contributed by atoms with Gasteiger partial charge in [-0.05, 0) is 105 Å². The molecule has 5 rings (SSSR count). The number of rotatable bonds is 6. The number of oxime groups is 1. The molecule has 3 saturated carbocycles. The number of amides is 1. The van der Waals surface area contributed by atoms with Crippen molar-refractivity contribution in [2.75, 3.05) is 13.2 Å². The van der Waals surface area contributed by atoms with Crippen molar-refractivity contribution >= 4 is 11.6 Å². The van der Waals surface area contributed by atoms with Crippen molar-refractivity contribution in [1.29, 1.82) is 0 Å². The summed E-state index contributed by atoms with van der Waals surface area (Å²) in [6.45, 7) is 5.08. The Balaban J connectivity index is 1.16. The van der Waals surface area contributed by atoms with Crippen LogP contribution < -0.4 is 5.32 Å². The van der Waals surface area contributed by atoms with E-state index in [1.54, 1.807) is 12.1 Å². The molecule has 198 valence electrons. The largest absolute Gasteiger partial charge is 0.508 e. The number of hydrogen-bond acceptors (Lipinski definition) is 5. The van der Waals surface area contributed by atoms with Crippen LogP contribution in [0.4, 0.5) is 0 Å². The molecule has 4 aliphatic rings. The maximum atomic E-state index is 12.2. The van der Waals surface area contributed by atoms with Gasteiger partial charge in [0.15, 0.2) is 6.61 Å². The summed E-state index contributed by atoms with van der Waals surface area (Å²) < 4.78 is 0. The number of aromatic hydroxyl groups is 1. The number of aliphatic hydroxyl groups is 1. The normalized spacial score (nSPS) is 37.5. The Kier molecular flexibility index (Phi) is 6.87. The monoisotopic (exact) mass is 504 g/mol. The number of nitrogens with one attached hydrogen (secondary N) is 1. The summed E-state index contributed by atoms with van der Waals surface area (Å²) in [5.41, 5.74) is 2.47. The number of fused-ring (bicyclic) bond motifs is 5. The fourth-order valence-electron chi connectivity index (χ4n) is 8.13. The van der Waals surface area contributed by atoms with Crippen LogP contribution in [0.5, 0.6) is 5.75 Å². The first-order valence-corrected chi connectivity index (χ1v) is 13.8. The molecule has 3 N–H and O–H groups in total. The molecule has 3 fully saturated rings. The molecule has 6 heteroatoms. The number of carbonyl (C=O) groups is 1. The molecule has 6 nitrogen and oxygen atoms in total. The number of terminal acetylenes is 1. The van der Waals surface area contributed by atoms with Gasteiger partial charge in [-0.2, -0.15) is 0 Å². The van der Waals surface area contributed by atoms with Gasteiger partial charge in [0.1, 0.15) is 11.4 Å². The second-order valence-electron chi connectivity index (χ2n) is 12.1. The smallest absolute Gasteiger partial charge is 0.260 e. The highest BCUT2D eigenvalue weighted by Gasteiger charge is 2.63. The zero-order valence-electron chi connectivity index (χ0n) is 22.1. The fraction of sp³-hybridized carbons (Fsp3) is 0.613. The zero-order chi connectivity index (χ0) is 26.3. The lowest BCUT2D eigenvalue weighted by atomic mass is 9.46. The highest BCUT2D eigenvalue weighted by molar-refractivity contribution is 5.96. The Bertz CT molecular complexity index is 1130. The number of phenolic OH excluding ortho intramolecular Hbond substituents is 1. The van der Waals surface area contributed by atoms with Crippen molar-refractivity contribution in [3.8, 4) is 18.1 Å². The third kappa shape index (κ3) is 4.56. The molecule has 6 atom stereocenters. The first-order valence-electron chi connectivity index (χ1n) is 13.8. The van der Waals surface area contributed by atoms with Gasteiger partial charge >= 0.3 is 0 Å². The molecule has 0 radical (unpaired) electrons. The minimum absolute atomic E-state index is 0.0947. The van der Waals surface area contributed by atoms with Crippen LogP contribution in [0.2, 0.25) is 0 Å². The van der Waals surface area contributed by atoms with E-state index in [1.165, 1.54) is 5.57 Å². The molecule has 1 aromatic rings. The summed E-state index contributed by atoms with van der Waals surface area (Å²) in [6, 6.07) is 6.98. The van der Waals surface area contributed by atoms with E-state index in [1.807, 2.05) is 12.1 Å². The van der Waals surface area contributed by atoms with Gasteiger partial charge in [-0.1, -0.05) is 42.6 Å². The maximum Gasteiger partial charge on any atom is 0.260 e. The first-order chi connectivity index (χ1) is 17.7. The van der Waals surface area contributed by atoms with E-state index in [-0.39, 0.29) is 29.1 Å². The minimum Gasteiger partial charge on any atom is -0.508 e. The van der Waals surface area contributed by atoms with Gasteiger partial charge in [-0.15, -0.1) is 6.42 Å². The number of nitrogens with zero attached hydrogens (tertiary/aromatic N) is 1. The van der Waals surface area contributed by atoms with Gasteiger partial charge in [0, 0.05) is 12.0 Å². The molecule has 0 aliphatic heterocycles. The zero-order valence-corrected chi connectivity index (χ0v) is 22.1. The maximum absolute atomic E-state index is 12.2. The predicted molar refractivity (Wildman–Crippen MR) is 144 cm³/mol. The van der Waals surface area contributed by atoms with E-state index >= 15 is 0 Å². The van der Waals surface area contributed by atoms with Crippen LogP contribution in [0.25, 0.3) is 0 Å². The lowest BCUT2D eigenvalue weighted by Gasteiger charge is -2.58. The van der Waals surface area contributed by atoms with Crippen LogP contribution in [-0.2, 0) is 16.1 Å². The molecule has 4 aliphatic carbocycles. The Morgan fingerprint density at radius 1 is 1.14 bits per heavy atom. The molecule has 1 amide bonds. The second-order valence-corrected chi connectivity index (χ2v) is 12.1. The van der Waals surface area contributed by atoms with Crippen LogP contribution >= 0.6 is 0 Å². The Morgan fingerprint density at radius 3 is 2.65 bits per heavy atom. The van der Waals surface area contributed by atoms with Gasteiger partial charge in [-0.3, -0.25) is 4.79 Å². The van der Waals surface area contributed by atoms with E-state index in [2.05, 4.69) is 36.3 Å². The fourth-order valence-corrected chi connectivity index (χ4v) is 8.13. The summed E-state index contributed by atoms with van der Waals surface area (Å²) in [5.74, 6) is 4.55. The van der Waals surface area contributed by atoms with Crippen molar-refractivity contribution < 1.29 is 19.8 Å². The summed E-state index contributed by atoms with van der Waals surface area (Å²) >= 11 is 0. The topological polar surface area (TPSA) is 91.2 Å². The standard InChI is InChI=1S/C31H40N2O4/c1-4-31(36)17-13-27-25-10-7-22-19-23(11-15-29(22,2)26(25)12-16-30(27,31)3)33-37-20-28(35)32-18-14-21-5-8-24(34)9-6-21/h1,5-6,8-9,19,25-27,34,36H,7,10-18,20H2,2-3H3,(H,32,35)/b33-23+/t25-,26+,27+,29-,30-,31+/m0/s1. The quantitative estimate of drug-likeness (QED) is 0.385. The average Bonchev–Trinajstić information content (AvgIpc) is 3.16. The minimum atomic E-state index is -0.957. The molecular formula is C31H40N2O4. The number of hydrogen-bond donors (Lipinski definition) is 3. The average molecular weight is 505 g/mol. The van der Waals surface area contributed by atoms with Crippen molar-refractivity contribution in [3.05, 3.63) is 41.5 Å². The second kappa shape index (κ2) is 9.83. The van der Waals surface area contributed by atoms with Crippen LogP contribution in [0.15, 0.2) is 41.1 Å². The van der Waals surface area contributed by atoms with Gasteiger partial charge in [0.25, 0.3) is 5.91 Å². The highest BCUT2D eigenvalue weighted by atomic mass is 16.6. The van der Waals surface area contributed by atoms with Crippen LogP contribution in [0.3, 0.4) is 0 Å². The van der Waals surface area contributed by atoms with E-state index in [4.69, 9.17) is 11.3 Å². The summed E-state index contributed by atoms with van der Waals surface area (Å²) in [6.07, 6.45) is 16.7. The third-order valence-corrected chi connectivity index (χ3v) is 10.4. The van der Waals surface area contributed by atoms with Gasteiger partial charge in [-0.25, -0.2) is 0 Å². The molecule has 37 heavy (non-hydrogen) atoms. The van der Waals surface area contributed by atoms with Crippen LogP contribution in [-0.4, -0.2) is 40.6 Å². The Labute approximate surface area is 220 Å². The first kappa shape index (κ1) is 25.9. The SMILES string of the molecule is C#C[C@@]1(O)CC[C@@H]2[C@H]3CCC4=C/C(=N/OCC(=O)NCCc5ccc(O)cc5)CC[C@]4(C)[C@@H]3CC[C@@]21C. The lowest BCUT2D eigenvalue weighted by molar-refractivity contribution is -0.125. The van der Waals surface area contributed by atoms with E-state index in [9.17, 15) is 15.0 Å². The number of phenols is 1. The Hall–Kier alpha value is -2.78. The molecule has 1 aromatic carbocycles. The predicted octanol–water partition coefficient (Wildman–Crippen LogP) is 4.75. The van der Waals surface area contributed by atoms with Gasteiger partial charge < -0.3 is 20.4 Å². The molecule has 0 unspecified atom stereocenters. The third-order valence-electron chi connectivity index (χ3n) is 10.4. The molecular weight excluding hydrogens is 464 g/mol. The van der Waals surface area contributed by atoms with E-state index in [0.717, 1.165) is 62.6 Å². The molecule has 0 heterocycles. The highest BCUT2D eigenvalue weighted by Crippen LogP contribution is 2.67. The Morgan fingerprint density at radius 2 is 1.89 bits per heavy atom. The van der Waals surface area contributed by atoms with Crippen molar-refractivity contribution in [1.82, 2.24) is 5.32 Å². The van der Waals surface area contributed by atoms with Gasteiger partial charge in [0.2, 0.25) is 0 Å². The van der Waals surface area contributed by atoms with Crippen molar-refractivity contribution in [2.45, 2.75) is 77.2 Å². The van der Waals surface area contributed by atoms with Crippen LogP contribution in [0.1, 0.15) is 70.8 Å². The number of carbonyl (C=O) groups excluding carboxylic acids is 1.